The molecule has 0 saturated heterocycles. The Bertz CT molecular complexity index is 406. The molecular formula is C12H24N6OS. The minimum atomic E-state index is 0.159. The molecule has 0 aliphatic heterocycles. The number of thioether (sulfide) groups is 1. The normalized spacial score (nSPS) is 11.1. The zero-order valence-corrected chi connectivity index (χ0v) is 13.5. The predicted molar refractivity (Wildman–Crippen MR) is 79.6 cm³/mol. The molecule has 1 rings (SSSR count). The lowest BCUT2D eigenvalue weighted by molar-refractivity contribution is -0.128. The van der Waals surface area contributed by atoms with Crippen molar-refractivity contribution in [3.05, 3.63) is 0 Å². The summed E-state index contributed by atoms with van der Waals surface area (Å²) < 4.78 is 1.80. The second-order valence-electron chi connectivity index (χ2n) is 5.03. The average Bonchev–Trinajstić information content (AvgIpc) is 2.81. The van der Waals surface area contributed by atoms with Crippen LogP contribution in [0.5, 0.6) is 0 Å². The first kappa shape index (κ1) is 16.9. The van der Waals surface area contributed by atoms with Crippen LogP contribution in [0.4, 0.5) is 0 Å². The maximum absolute atomic E-state index is 11.4. The second kappa shape index (κ2) is 8.91. The monoisotopic (exact) mass is 300 g/mol. The minimum absolute atomic E-state index is 0.159. The van der Waals surface area contributed by atoms with Crippen molar-refractivity contribution in [3.63, 3.8) is 0 Å². The summed E-state index contributed by atoms with van der Waals surface area (Å²) in [5, 5.41) is 15.8. The molecule has 0 aromatic carbocycles. The maximum Gasteiger partial charge on any atom is 0.222 e. The predicted octanol–water partition coefficient (Wildman–Crippen LogP) is 0.632. The fourth-order valence-electron chi connectivity index (χ4n) is 1.51. The van der Waals surface area contributed by atoms with Crippen molar-refractivity contribution < 1.29 is 4.79 Å². The Balaban J connectivity index is 2.27. The van der Waals surface area contributed by atoms with Crippen molar-refractivity contribution in [2.75, 3.05) is 26.4 Å². The molecule has 0 aliphatic rings. The molecular weight excluding hydrogens is 276 g/mol. The number of nitrogens with one attached hydrogen (secondary N) is 1. The summed E-state index contributed by atoms with van der Waals surface area (Å²) in [6.45, 7) is 5.81. The molecule has 1 aromatic heterocycles. The van der Waals surface area contributed by atoms with Crippen LogP contribution in [0.2, 0.25) is 0 Å². The molecule has 0 saturated carbocycles. The van der Waals surface area contributed by atoms with E-state index in [1.807, 2.05) is 0 Å². The van der Waals surface area contributed by atoms with E-state index in [0.29, 0.717) is 12.5 Å². The Labute approximate surface area is 124 Å². The molecule has 1 amide bonds. The van der Waals surface area contributed by atoms with Gasteiger partial charge in [0.1, 0.15) is 0 Å². The number of rotatable bonds is 9. The first-order valence-corrected chi connectivity index (χ1v) is 7.81. The first-order valence-electron chi connectivity index (χ1n) is 6.83. The number of carbonyl (C=O) groups is 1. The number of hydrogen-bond donors (Lipinski definition) is 1. The van der Waals surface area contributed by atoms with E-state index in [1.54, 1.807) is 35.4 Å². The van der Waals surface area contributed by atoms with Gasteiger partial charge in [0.15, 0.2) is 0 Å². The van der Waals surface area contributed by atoms with E-state index < -0.39 is 0 Å². The van der Waals surface area contributed by atoms with Gasteiger partial charge in [0.25, 0.3) is 0 Å². The van der Waals surface area contributed by atoms with E-state index in [4.69, 9.17) is 0 Å². The Kier molecular flexibility index (Phi) is 7.53. The number of amides is 1. The van der Waals surface area contributed by atoms with Gasteiger partial charge in [-0.1, -0.05) is 25.6 Å². The summed E-state index contributed by atoms with van der Waals surface area (Å²) in [6, 6.07) is 0.458. The van der Waals surface area contributed by atoms with Gasteiger partial charge >= 0.3 is 0 Å². The highest BCUT2D eigenvalue weighted by atomic mass is 32.2. The minimum Gasteiger partial charge on any atom is -0.349 e. The van der Waals surface area contributed by atoms with E-state index >= 15 is 0 Å². The van der Waals surface area contributed by atoms with Crippen LogP contribution in [-0.2, 0) is 11.3 Å². The molecule has 1 N–H and O–H groups in total. The van der Waals surface area contributed by atoms with Gasteiger partial charge in [0.2, 0.25) is 11.1 Å². The quantitative estimate of drug-likeness (QED) is 0.532. The summed E-state index contributed by atoms with van der Waals surface area (Å²) in [4.78, 5) is 13.1. The molecule has 0 unspecified atom stereocenters. The number of nitrogens with zero attached hydrogens (tertiary/aromatic N) is 5. The van der Waals surface area contributed by atoms with E-state index in [1.165, 1.54) is 0 Å². The van der Waals surface area contributed by atoms with Gasteiger partial charge in [0.05, 0.1) is 6.54 Å². The number of carbonyl (C=O) groups excluding carboxylic acids is 1. The molecule has 8 heteroatoms. The molecule has 0 spiro atoms. The fraction of sp³-hybridized carbons (Fsp3) is 0.833. The zero-order valence-electron chi connectivity index (χ0n) is 12.7. The van der Waals surface area contributed by atoms with E-state index in [9.17, 15) is 4.79 Å². The first-order chi connectivity index (χ1) is 9.50. The SMILES string of the molecule is CC(C)NCCn1nnnc1SCCCC(=O)N(C)C. The summed E-state index contributed by atoms with van der Waals surface area (Å²) in [5.41, 5.74) is 0. The molecule has 1 aromatic rings. The molecule has 0 aliphatic carbocycles. The lowest BCUT2D eigenvalue weighted by Crippen LogP contribution is -2.27. The lowest BCUT2D eigenvalue weighted by atomic mass is 10.3. The number of tetrazole rings is 1. The molecule has 20 heavy (non-hydrogen) atoms. The molecule has 1 heterocycles. The summed E-state index contributed by atoms with van der Waals surface area (Å²) >= 11 is 1.59. The van der Waals surface area contributed by atoms with Gasteiger partial charge in [-0.2, -0.15) is 0 Å². The number of aromatic nitrogens is 4. The standard InChI is InChI=1S/C12H24N6OS/c1-10(2)13-7-8-18-12(14-15-16-18)20-9-5-6-11(19)17(3)4/h10,13H,5-9H2,1-4H3. The Hall–Kier alpha value is -1.15. The third-order valence-electron chi connectivity index (χ3n) is 2.64. The van der Waals surface area contributed by atoms with Crippen LogP contribution < -0.4 is 5.32 Å². The second-order valence-corrected chi connectivity index (χ2v) is 6.10. The van der Waals surface area contributed by atoms with Crippen molar-refractivity contribution in [1.29, 1.82) is 0 Å². The molecule has 0 bridgehead atoms. The fourth-order valence-corrected chi connectivity index (χ4v) is 2.35. The van der Waals surface area contributed by atoms with Gasteiger partial charge < -0.3 is 10.2 Å². The van der Waals surface area contributed by atoms with Gasteiger partial charge in [-0.3, -0.25) is 4.79 Å². The van der Waals surface area contributed by atoms with Gasteiger partial charge in [-0.05, 0) is 16.8 Å². The Morgan fingerprint density at radius 2 is 2.20 bits per heavy atom. The van der Waals surface area contributed by atoms with Crippen molar-refractivity contribution in [1.82, 2.24) is 30.4 Å². The largest absolute Gasteiger partial charge is 0.349 e. The maximum atomic E-state index is 11.4. The Morgan fingerprint density at radius 1 is 1.45 bits per heavy atom. The van der Waals surface area contributed by atoms with Gasteiger partial charge in [-0.15, -0.1) is 5.10 Å². The van der Waals surface area contributed by atoms with Crippen molar-refractivity contribution in [3.8, 4) is 0 Å². The number of hydrogen-bond acceptors (Lipinski definition) is 6. The molecule has 0 radical (unpaired) electrons. The molecule has 114 valence electrons. The third kappa shape index (κ3) is 6.33. The highest BCUT2D eigenvalue weighted by molar-refractivity contribution is 7.99. The summed E-state index contributed by atoms with van der Waals surface area (Å²) in [7, 11) is 3.55. The van der Waals surface area contributed by atoms with Gasteiger partial charge in [0, 0.05) is 38.9 Å². The Morgan fingerprint density at radius 3 is 2.85 bits per heavy atom. The molecule has 7 nitrogen and oxygen atoms in total. The van der Waals surface area contributed by atoms with Crippen LogP contribution in [0.3, 0.4) is 0 Å². The van der Waals surface area contributed by atoms with Gasteiger partial charge in [-0.25, -0.2) is 4.68 Å². The van der Waals surface area contributed by atoms with Crippen molar-refractivity contribution >= 4 is 17.7 Å². The van der Waals surface area contributed by atoms with Crippen LogP contribution >= 0.6 is 11.8 Å². The highest BCUT2D eigenvalue weighted by Gasteiger charge is 2.08. The summed E-state index contributed by atoms with van der Waals surface area (Å²) in [5.74, 6) is 1.00. The zero-order chi connectivity index (χ0) is 15.0. The van der Waals surface area contributed by atoms with Crippen LogP contribution in [0, 0.1) is 0 Å². The average molecular weight is 300 g/mol. The van der Waals surface area contributed by atoms with E-state index in [0.717, 1.165) is 30.4 Å². The van der Waals surface area contributed by atoms with Crippen LogP contribution in [0.15, 0.2) is 5.16 Å². The van der Waals surface area contributed by atoms with Crippen molar-refractivity contribution in [2.24, 2.45) is 0 Å². The topological polar surface area (TPSA) is 75.9 Å². The summed E-state index contributed by atoms with van der Waals surface area (Å²) in [6.07, 6.45) is 1.40. The van der Waals surface area contributed by atoms with Crippen LogP contribution in [0.1, 0.15) is 26.7 Å². The van der Waals surface area contributed by atoms with Crippen molar-refractivity contribution in [2.45, 2.75) is 44.4 Å². The molecule has 0 atom stereocenters. The lowest BCUT2D eigenvalue weighted by Gasteiger charge is -2.10. The van der Waals surface area contributed by atoms with E-state index in [-0.39, 0.29) is 5.91 Å². The highest BCUT2D eigenvalue weighted by Crippen LogP contribution is 2.15. The van der Waals surface area contributed by atoms with Crippen LogP contribution in [-0.4, -0.2) is 63.4 Å². The third-order valence-corrected chi connectivity index (χ3v) is 3.68. The molecule has 0 fully saturated rings. The smallest absolute Gasteiger partial charge is 0.222 e. The van der Waals surface area contributed by atoms with Crippen LogP contribution in [0.25, 0.3) is 0 Å². The van der Waals surface area contributed by atoms with E-state index in [2.05, 4.69) is 34.7 Å².